The van der Waals surface area contributed by atoms with Crippen LogP contribution in [0, 0.1) is 5.82 Å². The first-order chi connectivity index (χ1) is 9.97. The SMILES string of the molecule is O=C(O)CCNC(=O)N1CC(O)CC1c1ccc(F)cc1. The van der Waals surface area contributed by atoms with Crippen molar-refractivity contribution in [2.75, 3.05) is 13.1 Å². The van der Waals surface area contributed by atoms with Crippen molar-refractivity contribution in [2.24, 2.45) is 0 Å². The number of β-amino-alcohol motifs (C(OH)–C–C–N with tert-alkyl or cyclic N) is 1. The third-order valence-corrected chi connectivity index (χ3v) is 3.41. The zero-order valence-electron chi connectivity index (χ0n) is 11.3. The van der Waals surface area contributed by atoms with Crippen molar-refractivity contribution in [1.29, 1.82) is 0 Å². The zero-order chi connectivity index (χ0) is 15.4. The Morgan fingerprint density at radius 3 is 2.62 bits per heavy atom. The second-order valence-electron chi connectivity index (χ2n) is 4.98. The molecule has 0 spiro atoms. The lowest BCUT2D eigenvalue weighted by atomic mass is 10.0. The van der Waals surface area contributed by atoms with E-state index in [0.717, 1.165) is 5.56 Å². The number of nitrogens with one attached hydrogen (secondary N) is 1. The van der Waals surface area contributed by atoms with E-state index < -0.39 is 18.1 Å². The van der Waals surface area contributed by atoms with Gasteiger partial charge in [-0.1, -0.05) is 12.1 Å². The number of carboxylic acids is 1. The summed E-state index contributed by atoms with van der Waals surface area (Å²) in [4.78, 5) is 23.9. The summed E-state index contributed by atoms with van der Waals surface area (Å²) >= 11 is 0. The molecule has 6 nitrogen and oxygen atoms in total. The number of carbonyl (C=O) groups is 2. The first kappa shape index (κ1) is 15.2. The molecular formula is C14H17FN2O4. The quantitative estimate of drug-likeness (QED) is 0.776. The molecule has 3 N–H and O–H groups in total. The summed E-state index contributed by atoms with van der Waals surface area (Å²) in [6, 6.07) is 5.00. The Bertz CT molecular complexity index is 520. The first-order valence-corrected chi connectivity index (χ1v) is 6.67. The van der Waals surface area contributed by atoms with E-state index in [2.05, 4.69) is 5.32 Å². The number of carbonyl (C=O) groups excluding carboxylic acids is 1. The number of halogens is 1. The number of hydrogen-bond acceptors (Lipinski definition) is 3. The predicted molar refractivity (Wildman–Crippen MR) is 72.1 cm³/mol. The van der Waals surface area contributed by atoms with E-state index in [0.29, 0.717) is 6.42 Å². The van der Waals surface area contributed by atoms with Crippen molar-refractivity contribution >= 4 is 12.0 Å². The molecule has 2 atom stereocenters. The highest BCUT2D eigenvalue weighted by Gasteiger charge is 2.35. The van der Waals surface area contributed by atoms with Gasteiger partial charge < -0.3 is 20.4 Å². The number of carboxylic acid groups (broad SMARTS) is 1. The third kappa shape index (κ3) is 3.91. The summed E-state index contributed by atoms with van der Waals surface area (Å²) in [6.07, 6.45) is -0.438. The monoisotopic (exact) mass is 296 g/mol. The van der Waals surface area contributed by atoms with Crippen LogP contribution in [0.3, 0.4) is 0 Å². The Morgan fingerprint density at radius 1 is 1.33 bits per heavy atom. The van der Waals surface area contributed by atoms with E-state index in [9.17, 15) is 19.1 Å². The lowest BCUT2D eigenvalue weighted by Gasteiger charge is -2.25. The van der Waals surface area contributed by atoms with Gasteiger partial charge in [-0.15, -0.1) is 0 Å². The summed E-state index contributed by atoms with van der Waals surface area (Å²) in [7, 11) is 0. The van der Waals surface area contributed by atoms with E-state index in [1.807, 2.05) is 0 Å². The molecule has 1 aromatic rings. The molecule has 1 saturated heterocycles. The molecule has 0 radical (unpaired) electrons. The van der Waals surface area contributed by atoms with Crippen molar-refractivity contribution in [1.82, 2.24) is 10.2 Å². The normalized spacial score (nSPS) is 21.3. The van der Waals surface area contributed by atoms with Crippen LogP contribution in [0.25, 0.3) is 0 Å². The van der Waals surface area contributed by atoms with E-state index in [-0.39, 0.29) is 31.4 Å². The second-order valence-corrected chi connectivity index (χ2v) is 4.98. The molecule has 1 aliphatic rings. The molecule has 0 aliphatic carbocycles. The number of aliphatic carboxylic acids is 1. The maximum absolute atomic E-state index is 13.0. The second kappa shape index (κ2) is 6.53. The van der Waals surface area contributed by atoms with Crippen LogP contribution in [0.5, 0.6) is 0 Å². The number of benzene rings is 1. The molecular weight excluding hydrogens is 279 g/mol. The highest BCUT2D eigenvalue weighted by Crippen LogP contribution is 2.32. The number of aliphatic hydroxyl groups is 1. The smallest absolute Gasteiger partial charge is 0.318 e. The highest BCUT2D eigenvalue weighted by atomic mass is 19.1. The summed E-state index contributed by atoms with van der Waals surface area (Å²) in [5.41, 5.74) is 0.737. The molecule has 0 bridgehead atoms. The fourth-order valence-electron chi connectivity index (χ4n) is 2.42. The van der Waals surface area contributed by atoms with Gasteiger partial charge in [-0.05, 0) is 24.1 Å². The average Bonchev–Trinajstić information content (AvgIpc) is 2.81. The van der Waals surface area contributed by atoms with Gasteiger partial charge >= 0.3 is 12.0 Å². The first-order valence-electron chi connectivity index (χ1n) is 6.67. The molecule has 2 rings (SSSR count). The fraction of sp³-hybridized carbons (Fsp3) is 0.429. The maximum Gasteiger partial charge on any atom is 0.318 e. The molecule has 7 heteroatoms. The zero-order valence-corrected chi connectivity index (χ0v) is 11.3. The Labute approximate surface area is 121 Å². The van der Waals surface area contributed by atoms with Crippen LogP contribution in [0.4, 0.5) is 9.18 Å². The van der Waals surface area contributed by atoms with Crippen LogP contribution in [-0.4, -0.2) is 46.3 Å². The van der Waals surface area contributed by atoms with Crippen molar-refractivity contribution in [3.8, 4) is 0 Å². The number of nitrogens with zero attached hydrogens (tertiary/aromatic N) is 1. The minimum absolute atomic E-state index is 0.0247. The van der Waals surface area contributed by atoms with Crippen LogP contribution in [0.15, 0.2) is 24.3 Å². The minimum Gasteiger partial charge on any atom is -0.481 e. The van der Waals surface area contributed by atoms with Gasteiger partial charge in [0.05, 0.1) is 18.6 Å². The van der Waals surface area contributed by atoms with Gasteiger partial charge in [-0.2, -0.15) is 0 Å². The van der Waals surface area contributed by atoms with Crippen LogP contribution in [0.1, 0.15) is 24.4 Å². The third-order valence-electron chi connectivity index (χ3n) is 3.41. The van der Waals surface area contributed by atoms with Gasteiger partial charge in [0.1, 0.15) is 5.82 Å². The summed E-state index contributed by atoms with van der Waals surface area (Å²) < 4.78 is 13.0. The van der Waals surface area contributed by atoms with Gasteiger partial charge in [0.15, 0.2) is 0 Å². The molecule has 2 amide bonds. The van der Waals surface area contributed by atoms with Crippen LogP contribution < -0.4 is 5.32 Å². The van der Waals surface area contributed by atoms with E-state index >= 15 is 0 Å². The molecule has 2 unspecified atom stereocenters. The van der Waals surface area contributed by atoms with Gasteiger partial charge in [0.2, 0.25) is 0 Å². The van der Waals surface area contributed by atoms with E-state index in [1.54, 1.807) is 12.1 Å². The van der Waals surface area contributed by atoms with Gasteiger partial charge in [-0.25, -0.2) is 9.18 Å². The minimum atomic E-state index is -0.994. The number of aliphatic hydroxyl groups excluding tert-OH is 1. The van der Waals surface area contributed by atoms with E-state index in [4.69, 9.17) is 5.11 Å². The Hall–Kier alpha value is -2.15. The lowest BCUT2D eigenvalue weighted by molar-refractivity contribution is -0.136. The Kier molecular flexibility index (Phi) is 4.74. The van der Waals surface area contributed by atoms with Crippen molar-refractivity contribution in [3.63, 3.8) is 0 Å². The average molecular weight is 296 g/mol. The topological polar surface area (TPSA) is 89.9 Å². The summed E-state index contributed by atoms with van der Waals surface area (Å²) in [5, 5.41) is 20.8. The Balaban J connectivity index is 2.04. The van der Waals surface area contributed by atoms with Gasteiger partial charge in [0.25, 0.3) is 0 Å². The molecule has 0 saturated carbocycles. The largest absolute Gasteiger partial charge is 0.481 e. The fourth-order valence-corrected chi connectivity index (χ4v) is 2.42. The van der Waals surface area contributed by atoms with Crippen molar-refractivity contribution in [3.05, 3.63) is 35.6 Å². The Morgan fingerprint density at radius 2 is 2.00 bits per heavy atom. The summed E-state index contributed by atoms with van der Waals surface area (Å²) in [6.45, 7) is 0.192. The molecule has 21 heavy (non-hydrogen) atoms. The molecule has 0 aromatic heterocycles. The number of rotatable bonds is 4. The lowest BCUT2D eigenvalue weighted by Crippen LogP contribution is -2.41. The molecule has 1 aliphatic heterocycles. The molecule has 1 aromatic carbocycles. The van der Waals surface area contributed by atoms with Gasteiger partial charge in [0, 0.05) is 13.1 Å². The predicted octanol–water partition coefficient (Wildman–Crippen LogP) is 1.12. The highest BCUT2D eigenvalue weighted by molar-refractivity contribution is 5.76. The standard InChI is InChI=1S/C14H17FN2O4/c15-10-3-1-9(2-4-10)12-7-11(18)8-17(12)14(21)16-6-5-13(19)20/h1-4,11-12,18H,5-8H2,(H,16,21)(H,19,20). The molecule has 1 heterocycles. The number of urea groups is 1. The number of likely N-dealkylation sites (tertiary alicyclic amines) is 1. The van der Waals surface area contributed by atoms with Crippen LogP contribution in [-0.2, 0) is 4.79 Å². The number of hydrogen-bond donors (Lipinski definition) is 3. The van der Waals surface area contributed by atoms with Gasteiger partial charge in [-0.3, -0.25) is 4.79 Å². The molecule has 1 fully saturated rings. The van der Waals surface area contributed by atoms with Crippen molar-refractivity contribution < 1.29 is 24.2 Å². The van der Waals surface area contributed by atoms with E-state index in [1.165, 1.54) is 17.0 Å². The molecule has 114 valence electrons. The van der Waals surface area contributed by atoms with Crippen molar-refractivity contribution in [2.45, 2.75) is 25.0 Å². The maximum atomic E-state index is 13.0. The summed E-state index contributed by atoms with van der Waals surface area (Å²) in [5.74, 6) is -1.36. The van der Waals surface area contributed by atoms with Crippen LogP contribution >= 0.6 is 0 Å². The number of amides is 2. The van der Waals surface area contributed by atoms with Crippen LogP contribution in [0.2, 0.25) is 0 Å².